The van der Waals surface area contributed by atoms with E-state index in [0.29, 0.717) is 5.56 Å². The lowest BCUT2D eigenvalue weighted by Crippen LogP contribution is -2.12. The molecule has 0 radical (unpaired) electrons. The molecule has 3 rings (SSSR count). The molecule has 0 aliphatic rings. The average molecular weight is 278 g/mol. The Kier molecular flexibility index (Phi) is 3.51. The molecular weight excluding hydrogens is 264 g/mol. The molecule has 0 aliphatic heterocycles. The van der Waals surface area contributed by atoms with Gasteiger partial charge in [0.1, 0.15) is 5.75 Å². The van der Waals surface area contributed by atoms with E-state index in [0.717, 1.165) is 22.3 Å². The van der Waals surface area contributed by atoms with Gasteiger partial charge in [0.15, 0.2) is 0 Å². The first-order chi connectivity index (χ1) is 10.3. The summed E-state index contributed by atoms with van der Waals surface area (Å²) in [7, 11) is 1.61. The van der Waals surface area contributed by atoms with Crippen molar-refractivity contribution in [2.45, 2.75) is 0 Å². The Balaban J connectivity index is 1.90. The van der Waals surface area contributed by atoms with Crippen molar-refractivity contribution < 1.29 is 9.53 Å². The topological polar surface area (TPSA) is 51.2 Å². The smallest absolute Gasteiger partial charge is 0.256 e. The summed E-state index contributed by atoms with van der Waals surface area (Å²) in [5.41, 5.74) is 2.14. The maximum absolute atomic E-state index is 12.4. The van der Waals surface area contributed by atoms with Gasteiger partial charge in [0, 0.05) is 17.3 Å². The lowest BCUT2D eigenvalue weighted by atomic mass is 10.1. The van der Waals surface area contributed by atoms with Gasteiger partial charge in [-0.15, -0.1) is 0 Å². The molecule has 0 spiro atoms. The number of amides is 1. The molecule has 4 heteroatoms. The highest BCUT2D eigenvalue weighted by atomic mass is 16.5. The van der Waals surface area contributed by atoms with Crippen LogP contribution in [0.1, 0.15) is 10.4 Å². The van der Waals surface area contributed by atoms with Gasteiger partial charge in [-0.3, -0.25) is 9.78 Å². The minimum atomic E-state index is -0.154. The van der Waals surface area contributed by atoms with Gasteiger partial charge in [0.05, 0.1) is 18.2 Å². The van der Waals surface area contributed by atoms with E-state index in [-0.39, 0.29) is 5.91 Å². The third kappa shape index (κ3) is 2.69. The zero-order valence-corrected chi connectivity index (χ0v) is 11.5. The number of methoxy groups -OCH3 is 1. The molecule has 0 unspecified atom stereocenters. The normalized spacial score (nSPS) is 10.3. The summed E-state index contributed by atoms with van der Waals surface area (Å²) < 4.78 is 5.10. The zero-order valence-electron chi connectivity index (χ0n) is 11.5. The molecule has 1 amide bonds. The number of carbonyl (C=O) groups excluding carboxylic acids is 1. The van der Waals surface area contributed by atoms with Crippen LogP contribution in [0.4, 0.5) is 5.69 Å². The first-order valence-electron chi connectivity index (χ1n) is 6.57. The number of rotatable bonds is 3. The predicted octanol–water partition coefficient (Wildman–Crippen LogP) is 3.50. The standard InChI is InChI=1S/C17H14N2O2/c1-21-13-8-6-12(7-9-13)19-17(20)15-10-11-18-16-5-3-2-4-14(15)16/h2-11H,1H3,(H,19,20). The Bertz CT molecular complexity index is 777. The molecule has 0 bridgehead atoms. The summed E-state index contributed by atoms with van der Waals surface area (Å²) in [6.07, 6.45) is 1.64. The number of hydrogen-bond donors (Lipinski definition) is 1. The third-order valence-corrected chi connectivity index (χ3v) is 3.24. The van der Waals surface area contributed by atoms with E-state index >= 15 is 0 Å². The summed E-state index contributed by atoms with van der Waals surface area (Å²) in [5.74, 6) is 0.598. The monoisotopic (exact) mass is 278 g/mol. The van der Waals surface area contributed by atoms with E-state index in [4.69, 9.17) is 4.74 Å². The van der Waals surface area contributed by atoms with Crippen molar-refractivity contribution in [3.05, 3.63) is 66.4 Å². The molecule has 1 heterocycles. The van der Waals surface area contributed by atoms with Crippen LogP contribution in [-0.4, -0.2) is 18.0 Å². The number of aromatic nitrogens is 1. The lowest BCUT2D eigenvalue weighted by molar-refractivity contribution is 0.102. The van der Waals surface area contributed by atoms with Gasteiger partial charge in [-0.25, -0.2) is 0 Å². The van der Waals surface area contributed by atoms with Crippen molar-refractivity contribution >= 4 is 22.5 Å². The van der Waals surface area contributed by atoms with Crippen LogP contribution in [0.2, 0.25) is 0 Å². The van der Waals surface area contributed by atoms with E-state index in [1.807, 2.05) is 24.3 Å². The number of para-hydroxylation sites is 1. The molecule has 0 saturated heterocycles. The number of pyridine rings is 1. The van der Waals surface area contributed by atoms with Crippen molar-refractivity contribution in [2.24, 2.45) is 0 Å². The number of ether oxygens (including phenoxy) is 1. The van der Waals surface area contributed by atoms with Crippen LogP contribution >= 0.6 is 0 Å². The van der Waals surface area contributed by atoms with E-state index in [1.165, 1.54) is 0 Å². The maximum atomic E-state index is 12.4. The van der Waals surface area contributed by atoms with Crippen molar-refractivity contribution in [1.82, 2.24) is 4.98 Å². The fourth-order valence-electron chi connectivity index (χ4n) is 2.17. The Morgan fingerprint density at radius 2 is 1.81 bits per heavy atom. The summed E-state index contributed by atoms with van der Waals surface area (Å²) in [5, 5.41) is 3.72. The number of nitrogens with one attached hydrogen (secondary N) is 1. The SMILES string of the molecule is COc1ccc(NC(=O)c2ccnc3ccccc23)cc1. The minimum absolute atomic E-state index is 0.154. The first-order valence-corrected chi connectivity index (χ1v) is 6.57. The minimum Gasteiger partial charge on any atom is -0.497 e. The number of hydrogen-bond acceptors (Lipinski definition) is 3. The predicted molar refractivity (Wildman–Crippen MR) is 82.7 cm³/mol. The van der Waals surface area contributed by atoms with Gasteiger partial charge in [-0.2, -0.15) is 0 Å². The lowest BCUT2D eigenvalue weighted by Gasteiger charge is -2.08. The highest BCUT2D eigenvalue weighted by molar-refractivity contribution is 6.12. The van der Waals surface area contributed by atoms with E-state index in [2.05, 4.69) is 10.3 Å². The zero-order chi connectivity index (χ0) is 14.7. The molecule has 0 aliphatic carbocycles. The average Bonchev–Trinajstić information content (AvgIpc) is 2.55. The van der Waals surface area contributed by atoms with Crippen LogP contribution in [0.15, 0.2) is 60.8 Å². The molecule has 4 nitrogen and oxygen atoms in total. The van der Waals surface area contributed by atoms with Gasteiger partial charge in [-0.1, -0.05) is 18.2 Å². The van der Waals surface area contributed by atoms with Gasteiger partial charge in [0.2, 0.25) is 0 Å². The number of benzene rings is 2. The van der Waals surface area contributed by atoms with Crippen molar-refractivity contribution in [3.63, 3.8) is 0 Å². The molecule has 3 aromatic rings. The number of nitrogens with zero attached hydrogens (tertiary/aromatic N) is 1. The van der Waals surface area contributed by atoms with E-state index in [9.17, 15) is 4.79 Å². The Hall–Kier alpha value is -2.88. The summed E-state index contributed by atoms with van der Waals surface area (Å²) in [6, 6.07) is 16.5. The second-order valence-electron chi connectivity index (χ2n) is 4.56. The van der Waals surface area contributed by atoms with Crippen LogP contribution in [0, 0.1) is 0 Å². The fourth-order valence-corrected chi connectivity index (χ4v) is 2.17. The van der Waals surface area contributed by atoms with Gasteiger partial charge in [-0.05, 0) is 36.4 Å². The quantitative estimate of drug-likeness (QED) is 0.797. The van der Waals surface area contributed by atoms with Crippen molar-refractivity contribution in [1.29, 1.82) is 0 Å². The van der Waals surface area contributed by atoms with Crippen molar-refractivity contribution in [3.8, 4) is 5.75 Å². The van der Waals surface area contributed by atoms with Crippen LogP contribution in [0.5, 0.6) is 5.75 Å². The highest BCUT2D eigenvalue weighted by Gasteiger charge is 2.10. The van der Waals surface area contributed by atoms with Gasteiger partial charge < -0.3 is 10.1 Å². The summed E-state index contributed by atoms with van der Waals surface area (Å²) >= 11 is 0. The molecule has 1 aromatic heterocycles. The second kappa shape index (κ2) is 5.63. The van der Waals surface area contributed by atoms with E-state index < -0.39 is 0 Å². The molecule has 1 N–H and O–H groups in total. The van der Waals surface area contributed by atoms with E-state index in [1.54, 1.807) is 43.6 Å². The number of carbonyl (C=O) groups is 1. The van der Waals surface area contributed by atoms with Crippen LogP contribution in [-0.2, 0) is 0 Å². The molecule has 0 saturated carbocycles. The van der Waals surface area contributed by atoms with Crippen LogP contribution in [0.3, 0.4) is 0 Å². The number of anilines is 1. The largest absolute Gasteiger partial charge is 0.497 e. The van der Waals surface area contributed by atoms with Crippen LogP contribution < -0.4 is 10.1 Å². The molecular formula is C17H14N2O2. The Morgan fingerprint density at radius 1 is 1.05 bits per heavy atom. The molecule has 0 atom stereocenters. The second-order valence-corrected chi connectivity index (χ2v) is 4.56. The molecule has 2 aromatic carbocycles. The van der Waals surface area contributed by atoms with Crippen molar-refractivity contribution in [2.75, 3.05) is 12.4 Å². The maximum Gasteiger partial charge on any atom is 0.256 e. The summed E-state index contributed by atoms with van der Waals surface area (Å²) in [6.45, 7) is 0. The van der Waals surface area contributed by atoms with Crippen LogP contribution in [0.25, 0.3) is 10.9 Å². The Labute approximate surface area is 122 Å². The summed E-state index contributed by atoms with van der Waals surface area (Å²) in [4.78, 5) is 16.7. The van der Waals surface area contributed by atoms with Gasteiger partial charge in [0.25, 0.3) is 5.91 Å². The Morgan fingerprint density at radius 3 is 2.57 bits per heavy atom. The fraction of sp³-hybridized carbons (Fsp3) is 0.0588. The number of fused-ring (bicyclic) bond motifs is 1. The first kappa shape index (κ1) is 13.1. The molecule has 21 heavy (non-hydrogen) atoms. The van der Waals surface area contributed by atoms with Gasteiger partial charge >= 0.3 is 0 Å². The molecule has 0 fully saturated rings. The highest BCUT2D eigenvalue weighted by Crippen LogP contribution is 2.19. The third-order valence-electron chi connectivity index (χ3n) is 3.24. The molecule has 104 valence electrons.